The van der Waals surface area contributed by atoms with Crippen LogP contribution >= 0.6 is 11.6 Å². The topological polar surface area (TPSA) is 32.3 Å². The number of amides is 1. The summed E-state index contributed by atoms with van der Waals surface area (Å²) in [5.74, 6) is -0.000234. The average Bonchev–Trinajstić information content (AvgIpc) is 2.53. The third kappa shape index (κ3) is 4.25. The zero-order chi connectivity index (χ0) is 15.9. The summed E-state index contributed by atoms with van der Waals surface area (Å²) in [5.41, 5.74) is 2.81. The van der Waals surface area contributed by atoms with Gasteiger partial charge in [-0.3, -0.25) is 4.79 Å². The summed E-state index contributed by atoms with van der Waals surface area (Å²) in [6.07, 6.45) is 0.439. The van der Waals surface area contributed by atoms with Crippen LogP contribution in [-0.2, 0) is 4.79 Å². The highest BCUT2D eigenvalue weighted by Crippen LogP contribution is 2.23. The average molecular weight is 317 g/mol. The SMILES string of the molecule is CCN(CCC(=O)Nc1cccc(Cl)c1C)c1ccccc1. The highest BCUT2D eigenvalue weighted by atomic mass is 35.5. The van der Waals surface area contributed by atoms with Crippen molar-refractivity contribution in [3.63, 3.8) is 0 Å². The largest absolute Gasteiger partial charge is 0.371 e. The summed E-state index contributed by atoms with van der Waals surface area (Å²) in [4.78, 5) is 14.3. The molecule has 0 spiro atoms. The molecule has 2 aromatic carbocycles. The molecule has 0 unspecified atom stereocenters. The Bertz CT molecular complexity index is 628. The van der Waals surface area contributed by atoms with E-state index in [0.717, 1.165) is 23.5 Å². The van der Waals surface area contributed by atoms with Gasteiger partial charge in [0, 0.05) is 35.9 Å². The van der Waals surface area contributed by atoms with Crippen molar-refractivity contribution in [3.05, 3.63) is 59.1 Å². The van der Waals surface area contributed by atoms with Gasteiger partial charge in [0.15, 0.2) is 0 Å². The van der Waals surface area contributed by atoms with Crippen molar-refractivity contribution < 1.29 is 4.79 Å². The van der Waals surface area contributed by atoms with Gasteiger partial charge in [0.05, 0.1) is 0 Å². The van der Waals surface area contributed by atoms with Crippen molar-refractivity contribution in [2.75, 3.05) is 23.3 Å². The van der Waals surface area contributed by atoms with E-state index < -0.39 is 0 Å². The Morgan fingerprint density at radius 1 is 1.14 bits per heavy atom. The molecule has 2 rings (SSSR count). The Hall–Kier alpha value is -2.00. The zero-order valence-corrected chi connectivity index (χ0v) is 13.7. The second-order valence-corrected chi connectivity index (χ2v) is 5.53. The minimum Gasteiger partial charge on any atom is -0.371 e. The van der Waals surface area contributed by atoms with E-state index in [-0.39, 0.29) is 5.91 Å². The van der Waals surface area contributed by atoms with Crippen molar-refractivity contribution in [2.45, 2.75) is 20.3 Å². The second-order valence-electron chi connectivity index (χ2n) is 5.13. The normalized spacial score (nSPS) is 10.3. The van der Waals surface area contributed by atoms with Crippen molar-refractivity contribution >= 4 is 28.9 Å². The summed E-state index contributed by atoms with van der Waals surface area (Å²) in [7, 11) is 0. The van der Waals surface area contributed by atoms with E-state index >= 15 is 0 Å². The Morgan fingerprint density at radius 3 is 2.55 bits per heavy atom. The molecule has 2 aromatic rings. The van der Waals surface area contributed by atoms with Gasteiger partial charge in [-0.15, -0.1) is 0 Å². The number of nitrogens with one attached hydrogen (secondary N) is 1. The quantitative estimate of drug-likeness (QED) is 0.850. The van der Waals surface area contributed by atoms with Crippen LogP contribution < -0.4 is 10.2 Å². The van der Waals surface area contributed by atoms with E-state index in [1.54, 1.807) is 0 Å². The maximum absolute atomic E-state index is 12.1. The molecule has 1 N–H and O–H groups in total. The number of nitrogens with zero attached hydrogens (tertiary/aromatic N) is 1. The lowest BCUT2D eigenvalue weighted by molar-refractivity contribution is -0.116. The van der Waals surface area contributed by atoms with Crippen LogP contribution in [0.1, 0.15) is 18.9 Å². The predicted molar refractivity (Wildman–Crippen MR) is 93.8 cm³/mol. The monoisotopic (exact) mass is 316 g/mol. The Labute approximate surface area is 136 Å². The number of anilines is 2. The number of carbonyl (C=O) groups is 1. The smallest absolute Gasteiger partial charge is 0.226 e. The molecule has 0 aromatic heterocycles. The molecule has 22 heavy (non-hydrogen) atoms. The fourth-order valence-electron chi connectivity index (χ4n) is 2.30. The van der Waals surface area contributed by atoms with Crippen molar-refractivity contribution in [1.29, 1.82) is 0 Å². The molecule has 116 valence electrons. The molecular weight excluding hydrogens is 296 g/mol. The lowest BCUT2D eigenvalue weighted by Crippen LogP contribution is -2.27. The summed E-state index contributed by atoms with van der Waals surface area (Å²) in [6.45, 7) is 5.55. The molecule has 0 aliphatic rings. The van der Waals surface area contributed by atoms with Gasteiger partial charge in [0.1, 0.15) is 0 Å². The first-order chi connectivity index (χ1) is 10.6. The predicted octanol–water partition coefficient (Wildman–Crippen LogP) is 4.50. The van der Waals surface area contributed by atoms with Crippen molar-refractivity contribution in [3.8, 4) is 0 Å². The molecule has 0 fully saturated rings. The first kappa shape index (κ1) is 16.4. The van der Waals surface area contributed by atoms with Gasteiger partial charge in [-0.2, -0.15) is 0 Å². The number of hydrogen-bond acceptors (Lipinski definition) is 2. The molecule has 1 amide bonds. The van der Waals surface area contributed by atoms with E-state index in [4.69, 9.17) is 11.6 Å². The molecule has 3 nitrogen and oxygen atoms in total. The third-order valence-corrected chi connectivity index (χ3v) is 4.06. The van der Waals surface area contributed by atoms with Gasteiger partial charge in [-0.05, 0) is 43.7 Å². The number of halogens is 1. The van der Waals surface area contributed by atoms with Crippen LogP contribution in [0.25, 0.3) is 0 Å². The highest BCUT2D eigenvalue weighted by molar-refractivity contribution is 6.31. The summed E-state index contributed by atoms with van der Waals surface area (Å²) < 4.78 is 0. The molecule has 0 aliphatic carbocycles. The fourth-order valence-corrected chi connectivity index (χ4v) is 2.48. The van der Waals surface area contributed by atoms with Crippen LogP contribution in [0.15, 0.2) is 48.5 Å². The third-order valence-electron chi connectivity index (χ3n) is 3.65. The first-order valence-corrected chi connectivity index (χ1v) is 7.84. The van der Waals surface area contributed by atoms with Crippen LogP contribution in [0.3, 0.4) is 0 Å². The van der Waals surface area contributed by atoms with E-state index in [1.165, 1.54) is 0 Å². The first-order valence-electron chi connectivity index (χ1n) is 7.46. The molecule has 0 atom stereocenters. The minimum absolute atomic E-state index is 0.000234. The second kappa shape index (κ2) is 7.85. The summed E-state index contributed by atoms with van der Waals surface area (Å²) in [5, 5.41) is 3.60. The molecule has 0 bridgehead atoms. The number of carbonyl (C=O) groups excluding carboxylic acids is 1. The molecule has 0 heterocycles. The molecular formula is C18H21ClN2O. The highest BCUT2D eigenvalue weighted by Gasteiger charge is 2.09. The standard InChI is InChI=1S/C18H21ClN2O/c1-3-21(15-8-5-4-6-9-15)13-12-18(22)20-17-11-7-10-16(19)14(17)2/h4-11H,3,12-13H2,1-2H3,(H,20,22). The number of hydrogen-bond donors (Lipinski definition) is 1. The van der Waals surface area contributed by atoms with E-state index in [9.17, 15) is 4.79 Å². The zero-order valence-electron chi connectivity index (χ0n) is 13.0. The van der Waals surface area contributed by atoms with Gasteiger partial charge in [0.25, 0.3) is 0 Å². The molecule has 0 saturated heterocycles. The Balaban J connectivity index is 1.93. The van der Waals surface area contributed by atoms with Crippen LogP contribution in [0.2, 0.25) is 5.02 Å². The lowest BCUT2D eigenvalue weighted by atomic mass is 10.2. The lowest BCUT2D eigenvalue weighted by Gasteiger charge is -2.22. The van der Waals surface area contributed by atoms with Crippen LogP contribution in [0, 0.1) is 6.92 Å². The molecule has 0 aliphatic heterocycles. The van der Waals surface area contributed by atoms with Crippen LogP contribution in [0.4, 0.5) is 11.4 Å². The maximum atomic E-state index is 12.1. The number of benzene rings is 2. The van der Waals surface area contributed by atoms with Crippen molar-refractivity contribution in [2.24, 2.45) is 0 Å². The molecule has 4 heteroatoms. The van der Waals surface area contributed by atoms with E-state index in [1.807, 2.05) is 43.3 Å². The van der Waals surface area contributed by atoms with Gasteiger partial charge < -0.3 is 10.2 Å². The number of rotatable bonds is 6. The maximum Gasteiger partial charge on any atom is 0.226 e. The van der Waals surface area contributed by atoms with Crippen LogP contribution in [0.5, 0.6) is 0 Å². The Morgan fingerprint density at radius 2 is 1.86 bits per heavy atom. The van der Waals surface area contributed by atoms with Gasteiger partial charge in [-0.25, -0.2) is 0 Å². The van der Waals surface area contributed by atoms with Gasteiger partial charge >= 0.3 is 0 Å². The van der Waals surface area contributed by atoms with Crippen LogP contribution in [-0.4, -0.2) is 19.0 Å². The van der Waals surface area contributed by atoms with Gasteiger partial charge in [-0.1, -0.05) is 35.9 Å². The number of para-hydroxylation sites is 1. The van der Waals surface area contributed by atoms with Gasteiger partial charge in [0.2, 0.25) is 5.91 Å². The van der Waals surface area contributed by atoms with Crippen molar-refractivity contribution in [1.82, 2.24) is 0 Å². The molecule has 0 radical (unpaired) electrons. The fraction of sp³-hybridized carbons (Fsp3) is 0.278. The summed E-state index contributed by atoms with van der Waals surface area (Å²) >= 11 is 6.07. The molecule has 0 saturated carbocycles. The summed E-state index contributed by atoms with van der Waals surface area (Å²) in [6, 6.07) is 15.7. The minimum atomic E-state index is -0.000234. The van der Waals surface area contributed by atoms with E-state index in [2.05, 4.69) is 29.3 Å². The Kier molecular flexibility index (Phi) is 5.84. The van der Waals surface area contributed by atoms with E-state index in [0.29, 0.717) is 18.0 Å².